The first kappa shape index (κ1) is 11.8. The van der Waals surface area contributed by atoms with Crippen LogP contribution in [0.3, 0.4) is 0 Å². The molecule has 0 radical (unpaired) electrons. The van der Waals surface area contributed by atoms with Crippen molar-refractivity contribution < 1.29 is 18.7 Å². The van der Waals surface area contributed by atoms with Crippen molar-refractivity contribution in [3.05, 3.63) is 33.2 Å². The van der Waals surface area contributed by atoms with Gasteiger partial charge in [0.1, 0.15) is 5.56 Å². The molecule has 4 nitrogen and oxygen atoms in total. The highest BCUT2D eigenvalue weighted by atomic mass is 79.9. The Morgan fingerprint density at radius 1 is 1.60 bits per heavy atom. The molecule has 82 valence electrons. The number of rotatable bonds is 3. The second kappa shape index (κ2) is 4.52. The third-order valence-electron chi connectivity index (χ3n) is 1.76. The van der Waals surface area contributed by atoms with Crippen molar-refractivity contribution in [3.8, 4) is 0 Å². The molecule has 0 aliphatic heterocycles. The molecule has 0 spiro atoms. The number of halogens is 3. The first-order chi connectivity index (χ1) is 6.97. The van der Waals surface area contributed by atoms with Crippen LogP contribution >= 0.6 is 15.9 Å². The number of aromatic amines is 1. The first-order valence-electron chi connectivity index (χ1n) is 3.81. The molecule has 0 aliphatic carbocycles. The number of carboxylic acids is 1. The van der Waals surface area contributed by atoms with Crippen LogP contribution in [0.25, 0.3) is 0 Å². The molecule has 0 aromatic carbocycles. The lowest BCUT2D eigenvalue weighted by atomic mass is 10.1. The van der Waals surface area contributed by atoms with Crippen molar-refractivity contribution in [2.45, 2.75) is 11.8 Å². The monoisotopic (exact) mass is 281 g/mol. The van der Waals surface area contributed by atoms with Gasteiger partial charge in [0.15, 0.2) is 0 Å². The van der Waals surface area contributed by atoms with E-state index < -0.39 is 29.1 Å². The van der Waals surface area contributed by atoms with E-state index in [2.05, 4.69) is 20.9 Å². The van der Waals surface area contributed by atoms with Gasteiger partial charge in [-0.05, 0) is 6.07 Å². The Hall–Kier alpha value is -1.24. The number of carboxylic acid groups (broad SMARTS) is 1. The molecule has 7 heteroatoms. The minimum atomic E-state index is -2.83. The van der Waals surface area contributed by atoms with Gasteiger partial charge in [0.05, 0.1) is 0 Å². The summed E-state index contributed by atoms with van der Waals surface area (Å²) in [5, 5.41) is 8.59. The molecule has 0 unspecified atom stereocenters. The molecule has 15 heavy (non-hydrogen) atoms. The summed E-state index contributed by atoms with van der Waals surface area (Å²) in [5.41, 5.74) is -2.07. The molecular formula is C8H6BrF2NO3. The number of aromatic nitrogens is 1. The van der Waals surface area contributed by atoms with Gasteiger partial charge in [-0.25, -0.2) is 13.6 Å². The molecule has 0 fully saturated rings. The van der Waals surface area contributed by atoms with E-state index in [1.54, 1.807) is 0 Å². The second-order valence-corrected chi connectivity index (χ2v) is 3.25. The van der Waals surface area contributed by atoms with Crippen LogP contribution in [-0.4, -0.2) is 16.1 Å². The van der Waals surface area contributed by atoms with E-state index in [4.69, 9.17) is 5.11 Å². The zero-order valence-electron chi connectivity index (χ0n) is 7.26. The lowest BCUT2D eigenvalue weighted by Gasteiger charge is -2.06. The first-order valence-corrected chi connectivity index (χ1v) is 4.93. The molecule has 0 aliphatic rings. The minimum absolute atomic E-state index is 0.0139. The van der Waals surface area contributed by atoms with E-state index in [0.29, 0.717) is 6.07 Å². The Morgan fingerprint density at radius 2 is 2.20 bits per heavy atom. The van der Waals surface area contributed by atoms with Gasteiger partial charge in [-0.2, -0.15) is 0 Å². The molecular weight excluding hydrogens is 276 g/mol. The van der Waals surface area contributed by atoms with Crippen molar-refractivity contribution in [2.75, 3.05) is 0 Å². The minimum Gasteiger partial charge on any atom is -0.477 e. The molecule has 1 heterocycles. The highest BCUT2D eigenvalue weighted by Crippen LogP contribution is 2.22. The van der Waals surface area contributed by atoms with E-state index in [0.717, 1.165) is 0 Å². The summed E-state index contributed by atoms with van der Waals surface area (Å²) in [6.45, 7) is 0. The largest absolute Gasteiger partial charge is 0.477 e. The number of H-pyrrole nitrogens is 1. The summed E-state index contributed by atoms with van der Waals surface area (Å²) >= 11 is 2.92. The van der Waals surface area contributed by atoms with Crippen LogP contribution in [0, 0.1) is 0 Å². The Balaban J connectivity index is 3.44. The highest BCUT2D eigenvalue weighted by molar-refractivity contribution is 9.08. The number of hydrogen-bond acceptors (Lipinski definition) is 2. The SMILES string of the molecule is O=C(O)c1cc(C(F)F)c(CBr)[nH]c1=O. The van der Waals surface area contributed by atoms with Gasteiger partial charge < -0.3 is 10.1 Å². The van der Waals surface area contributed by atoms with Crippen molar-refractivity contribution in [1.29, 1.82) is 0 Å². The predicted molar refractivity (Wildman–Crippen MR) is 51.6 cm³/mol. The van der Waals surface area contributed by atoms with Crippen LogP contribution in [0.4, 0.5) is 8.78 Å². The highest BCUT2D eigenvalue weighted by Gasteiger charge is 2.18. The van der Waals surface area contributed by atoms with Gasteiger partial charge in [-0.15, -0.1) is 0 Å². The number of hydrogen-bond donors (Lipinski definition) is 2. The molecule has 0 saturated carbocycles. The van der Waals surface area contributed by atoms with E-state index in [1.807, 2.05) is 0 Å². The maximum atomic E-state index is 12.5. The van der Waals surface area contributed by atoms with E-state index in [9.17, 15) is 18.4 Å². The summed E-state index contributed by atoms with van der Waals surface area (Å²) in [6.07, 6.45) is -2.83. The summed E-state index contributed by atoms with van der Waals surface area (Å²) < 4.78 is 24.9. The molecule has 0 amide bonds. The molecule has 0 bridgehead atoms. The zero-order chi connectivity index (χ0) is 11.6. The van der Waals surface area contributed by atoms with E-state index >= 15 is 0 Å². The fourth-order valence-corrected chi connectivity index (χ4v) is 1.51. The number of pyridine rings is 1. The van der Waals surface area contributed by atoms with Gasteiger partial charge >= 0.3 is 5.97 Å². The summed E-state index contributed by atoms with van der Waals surface area (Å²) in [6, 6.07) is 0.697. The molecule has 1 rings (SSSR count). The lowest BCUT2D eigenvalue weighted by Crippen LogP contribution is -2.20. The quantitative estimate of drug-likeness (QED) is 0.832. The zero-order valence-corrected chi connectivity index (χ0v) is 8.85. The van der Waals surface area contributed by atoms with Crippen LogP contribution in [-0.2, 0) is 5.33 Å². The lowest BCUT2D eigenvalue weighted by molar-refractivity contribution is 0.0694. The summed E-state index contributed by atoms with van der Waals surface area (Å²) in [7, 11) is 0. The van der Waals surface area contributed by atoms with Crippen LogP contribution in [0.5, 0.6) is 0 Å². The summed E-state index contributed by atoms with van der Waals surface area (Å²) in [4.78, 5) is 23.7. The van der Waals surface area contributed by atoms with Gasteiger partial charge in [0.25, 0.3) is 12.0 Å². The van der Waals surface area contributed by atoms with Crippen LogP contribution in [0.1, 0.15) is 28.0 Å². The average molecular weight is 282 g/mol. The van der Waals surface area contributed by atoms with Crippen molar-refractivity contribution in [2.24, 2.45) is 0 Å². The normalized spacial score (nSPS) is 10.7. The number of carbonyl (C=O) groups is 1. The van der Waals surface area contributed by atoms with Crippen LogP contribution in [0.15, 0.2) is 10.9 Å². The standard InChI is InChI=1S/C8H6BrF2NO3/c9-2-5-3(6(10)11)1-4(8(14)15)7(13)12-5/h1,6H,2H2,(H,12,13)(H,14,15). The Labute approximate surface area is 91.1 Å². The fraction of sp³-hybridized carbons (Fsp3) is 0.250. The van der Waals surface area contributed by atoms with Gasteiger partial charge in [-0.1, -0.05) is 15.9 Å². The van der Waals surface area contributed by atoms with Crippen molar-refractivity contribution in [1.82, 2.24) is 4.98 Å². The van der Waals surface area contributed by atoms with Crippen LogP contribution in [0.2, 0.25) is 0 Å². The van der Waals surface area contributed by atoms with Gasteiger partial charge in [0, 0.05) is 16.6 Å². The maximum absolute atomic E-state index is 12.5. The summed E-state index contributed by atoms with van der Waals surface area (Å²) in [5.74, 6) is -1.53. The number of aromatic carboxylic acids is 1. The number of nitrogens with one attached hydrogen (secondary N) is 1. The van der Waals surface area contributed by atoms with Crippen molar-refractivity contribution >= 4 is 21.9 Å². The van der Waals surface area contributed by atoms with Crippen molar-refractivity contribution in [3.63, 3.8) is 0 Å². The molecule has 1 aromatic rings. The second-order valence-electron chi connectivity index (χ2n) is 2.69. The Morgan fingerprint density at radius 3 is 2.60 bits per heavy atom. The molecule has 2 N–H and O–H groups in total. The molecule has 0 saturated heterocycles. The maximum Gasteiger partial charge on any atom is 0.341 e. The smallest absolute Gasteiger partial charge is 0.341 e. The van der Waals surface area contributed by atoms with Crippen LogP contribution < -0.4 is 5.56 Å². The van der Waals surface area contributed by atoms with Gasteiger partial charge in [0.2, 0.25) is 0 Å². The Bertz CT molecular complexity index is 444. The number of alkyl halides is 3. The van der Waals surface area contributed by atoms with Gasteiger partial charge in [-0.3, -0.25) is 4.79 Å². The fourth-order valence-electron chi connectivity index (χ4n) is 1.05. The van der Waals surface area contributed by atoms with E-state index in [1.165, 1.54) is 0 Å². The molecule has 1 aromatic heterocycles. The Kier molecular flexibility index (Phi) is 3.57. The third kappa shape index (κ3) is 2.41. The average Bonchev–Trinajstić information content (AvgIpc) is 2.16. The molecule has 0 atom stereocenters. The van der Waals surface area contributed by atoms with E-state index in [-0.39, 0.29) is 11.0 Å². The topological polar surface area (TPSA) is 70.2 Å². The third-order valence-corrected chi connectivity index (χ3v) is 2.32. The predicted octanol–water partition coefficient (Wildman–Crippen LogP) is 1.91.